The van der Waals surface area contributed by atoms with Gasteiger partial charge >= 0.3 is 5.97 Å². The number of carboxylic acids is 1. The van der Waals surface area contributed by atoms with Gasteiger partial charge in [-0.3, -0.25) is 9.48 Å². The first kappa shape index (κ1) is 16.5. The number of hydrogen-bond acceptors (Lipinski definition) is 3. The fourth-order valence-electron chi connectivity index (χ4n) is 3.09. The molecular weight excluding hydrogens is 282 g/mol. The van der Waals surface area contributed by atoms with Crippen molar-refractivity contribution in [3.05, 3.63) is 17.0 Å². The van der Waals surface area contributed by atoms with E-state index in [4.69, 9.17) is 0 Å². The number of aliphatic carboxylic acids is 1. The zero-order chi connectivity index (χ0) is 16.4. The van der Waals surface area contributed by atoms with Crippen LogP contribution in [0.15, 0.2) is 0 Å². The Bertz CT molecular complexity index is 577. The fraction of sp³-hybridized carbons (Fsp3) is 0.688. The molecule has 2 heterocycles. The first-order valence-corrected chi connectivity index (χ1v) is 7.86. The van der Waals surface area contributed by atoms with Gasteiger partial charge in [0.25, 0.3) is 0 Å². The van der Waals surface area contributed by atoms with E-state index in [2.05, 4.69) is 18.9 Å². The van der Waals surface area contributed by atoms with E-state index >= 15 is 0 Å². The maximum atomic E-state index is 12.5. The first-order valence-electron chi connectivity index (χ1n) is 7.86. The predicted octanol–water partition coefficient (Wildman–Crippen LogP) is 1.77. The molecular formula is C16H25N3O3. The molecule has 1 aromatic heterocycles. The summed E-state index contributed by atoms with van der Waals surface area (Å²) in [7, 11) is 0. The molecule has 0 aromatic carbocycles. The highest BCUT2D eigenvalue weighted by molar-refractivity contribution is 5.85. The standard InChI is InChI=1S/C16H25N3O3/c1-10(2)9-19-12(4)13(11(3)17-19)8-15(20)18-7-5-6-14(18)16(21)22/h10,14H,5-9H2,1-4H3,(H,21,22). The lowest BCUT2D eigenvalue weighted by Crippen LogP contribution is -2.41. The normalized spacial score (nSPS) is 18.2. The summed E-state index contributed by atoms with van der Waals surface area (Å²) in [4.78, 5) is 25.2. The summed E-state index contributed by atoms with van der Waals surface area (Å²) in [5, 5.41) is 13.7. The number of carbonyl (C=O) groups excluding carboxylic acids is 1. The van der Waals surface area contributed by atoms with Gasteiger partial charge in [-0.05, 0) is 32.6 Å². The van der Waals surface area contributed by atoms with Gasteiger partial charge in [0.2, 0.25) is 5.91 Å². The number of rotatable bonds is 5. The van der Waals surface area contributed by atoms with Crippen LogP contribution in [-0.4, -0.2) is 44.3 Å². The Morgan fingerprint density at radius 2 is 2.05 bits per heavy atom. The molecule has 1 N–H and O–H groups in total. The zero-order valence-corrected chi connectivity index (χ0v) is 13.8. The molecule has 1 saturated heterocycles. The molecule has 6 nitrogen and oxygen atoms in total. The molecule has 6 heteroatoms. The van der Waals surface area contributed by atoms with Crippen molar-refractivity contribution in [1.82, 2.24) is 14.7 Å². The first-order chi connectivity index (χ1) is 10.3. The Morgan fingerprint density at radius 1 is 1.36 bits per heavy atom. The largest absolute Gasteiger partial charge is 0.480 e. The summed E-state index contributed by atoms with van der Waals surface area (Å²) in [6, 6.07) is -0.668. The van der Waals surface area contributed by atoms with E-state index in [0.717, 1.165) is 29.9 Å². The third-order valence-electron chi connectivity index (χ3n) is 4.26. The Balaban J connectivity index is 2.15. The number of carboxylic acid groups (broad SMARTS) is 1. The number of amides is 1. The van der Waals surface area contributed by atoms with E-state index < -0.39 is 12.0 Å². The topological polar surface area (TPSA) is 75.4 Å². The number of aryl methyl sites for hydroxylation is 1. The summed E-state index contributed by atoms with van der Waals surface area (Å²) < 4.78 is 1.95. The van der Waals surface area contributed by atoms with Crippen molar-refractivity contribution in [3.8, 4) is 0 Å². The van der Waals surface area contributed by atoms with Gasteiger partial charge in [-0.25, -0.2) is 4.79 Å². The maximum absolute atomic E-state index is 12.5. The monoisotopic (exact) mass is 307 g/mol. The van der Waals surface area contributed by atoms with E-state index in [1.165, 1.54) is 4.90 Å². The van der Waals surface area contributed by atoms with Gasteiger partial charge in [0.05, 0.1) is 12.1 Å². The molecule has 0 spiro atoms. The van der Waals surface area contributed by atoms with Crippen LogP contribution in [-0.2, 0) is 22.6 Å². The lowest BCUT2D eigenvalue weighted by atomic mass is 10.1. The number of aromatic nitrogens is 2. The van der Waals surface area contributed by atoms with Crippen LogP contribution < -0.4 is 0 Å². The summed E-state index contributed by atoms with van der Waals surface area (Å²) in [6.45, 7) is 9.50. The molecule has 0 aliphatic carbocycles. The highest BCUT2D eigenvalue weighted by Crippen LogP contribution is 2.21. The third-order valence-corrected chi connectivity index (χ3v) is 4.26. The Morgan fingerprint density at radius 3 is 2.64 bits per heavy atom. The van der Waals surface area contributed by atoms with Crippen molar-refractivity contribution < 1.29 is 14.7 Å². The molecule has 2 rings (SSSR count). The molecule has 1 aliphatic rings. The average Bonchev–Trinajstić information content (AvgIpc) is 2.99. The molecule has 1 aromatic rings. The van der Waals surface area contributed by atoms with Crippen LogP contribution in [0.2, 0.25) is 0 Å². The van der Waals surface area contributed by atoms with Crippen molar-refractivity contribution in [2.24, 2.45) is 5.92 Å². The third kappa shape index (κ3) is 3.31. The minimum Gasteiger partial charge on any atom is -0.480 e. The van der Waals surface area contributed by atoms with Gasteiger partial charge in [0.15, 0.2) is 0 Å². The van der Waals surface area contributed by atoms with Crippen molar-refractivity contribution in [1.29, 1.82) is 0 Å². The van der Waals surface area contributed by atoms with Crippen LogP contribution in [0.1, 0.15) is 43.6 Å². The second-order valence-corrected chi connectivity index (χ2v) is 6.49. The fourth-order valence-corrected chi connectivity index (χ4v) is 3.09. The van der Waals surface area contributed by atoms with Crippen molar-refractivity contribution >= 4 is 11.9 Å². The Labute approximate surface area is 131 Å². The van der Waals surface area contributed by atoms with Crippen molar-refractivity contribution in [3.63, 3.8) is 0 Å². The molecule has 0 bridgehead atoms. The lowest BCUT2D eigenvalue weighted by molar-refractivity contribution is -0.148. The van der Waals surface area contributed by atoms with Crippen LogP contribution >= 0.6 is 0 Å². The second-order valence-electron chi connectivity index (χ2n) is 6.49. The molecule has 0 radical (unpaired) electrons. The van der Waals surface area contributed by atoms with E-state index in [0.29, 0.717) is 18.9 Å². The summed E-state index contributed by atoms with van der Waals surface area (Å²) in [5.41, 5.74) is 2.80. The molecule has 1 atom stereocenters. The average molecular weight is 307 g/mol. The van der Waals surface area contributed by atoms with E-state index in [-0.39, 0.29) is 12.3 Å². The van der Waals surface area contributed by atoms with Gasteiger partial charge in [-0.1, -0.05) is 13.8 Å². The molecule has 22 heavy (non-hydrogen) atoms. The minimum absolute atomic E-state index is 0.111. The summed E-state index contributed by atoms with van der Waals surface area (Å²) in [6.07, 6.45) is 1.54. The SMILES string of the molecule is Cc1nn(CC(C)C)c(C)c1CC(=O)N1CCCC1C(=O)O. The molecule has 1 fully saturated rings. The number of hydrogen-bond donors (Lipinski definition) is 1. The quantitative estimate of drug-likeness (QED) is 0.899. The van der Waals surface area contributed by atoms with E-state index in [1.807, 2.05) is 18.5 Å². The van der Waals surface area contributed by atoms with Crippen LogP contribution in [0.25, 0.3) is 0 Å². The lowest BCUT2D eigenvalue weighted by Gasteiger charge is -2.21. The number of nitrogens with zero attached hydrogens (tertiary/aromatic N) is 3. The second kappa shape index (κ2) is 6.50. The summed E-state index contributed by atoms with van der Waals surface area (Å²) >= 11 is 0. The van der Waals surface area contributed by atoms with Crippen LogP contribution in [0, 0.1) is 19.8 Å². The van der Waals surface area contributed by atoms with Crippen LogP contribution in [0.3, 0.4) is 0 Å². The van der Waals surface area contributed by atoms with Crippen molar-refractivity contribution in [2.75, 3.05) is 6.54 Å². The summed E-state index contributed by atoms with van der Waals surface area (Å²) in [5.74, 6) is -0.536. The van der Waals surface area contributed by atoms with Crippen LogP contribution in [0.5, 0.6) is 0 Å². The van der Waals surface area contributed by atoms with Gasteiger partial charge in [-0.15, -0.1) is 0 Å². The Kier molecular flexibility index (Phi) is 4.88. The maximum Gasteiger partial charge on any atom is 0.326 e. The highest BCUT2D eigenvalue weighted by Gasteiger charge is 2.34. The predicted molar refractivity (Wildman–Crippen MR) is 82.6 cm³/mol. The number of likely N-dealkylation sites (tertiary alicyclic amines) is 1. The van der Waals surface area contributed by atoms with Gasteiger partial charge in [0, 0.05) is 24.3 Å². The molecule has 122 valence electrons. The number of carbonyl (C=O) groups is 2. The van der Waals surface area contributed by atoms with Crippen molar-refractivity contribution in [2.45, 2.75) is 59.5 Å². The molecule has 1 unspecified atom stereocenters. The smallest absolute Gasteiger partial charge is 0.326 e. The molecule has 1 aliphatic heterocycles. The minimum atomic E-state index is -0.908. The van der Waals surface area contributed by atoms with Gasteiger partial charge in [0.1, 0.15) is 6.04 Å². The van der Waals surface area contributed by atoms with Gasteiger partial charge in [-0.2, -0.15) is 5.10 Å². The molecule has 0 saturated carbocycles. The zero-order valence-electron chi connectivity index (χ0n) is 13.8. The molecule has 1 amide bonds. The Hall–Kier alpha value is -1.85. The van der Waals surface area contributed by atoms with Crippen LogP contribution in [0.4, 0.5) is 0 Å². The highest BCUT2D eigenvalue weighted by atomic mass is 16.4. The van der Waals surface area contributed by atoms with Gasteiger partial charge < -0.3 is 10.0 Å². The van der Waals surface area contributed by atoms with E-state index in [1.54, 1.807) is 0 Å². The van der Waals surface area contributed by atoms with E-state index in [9.17, 15) is 14.7 Å².